The van der Waals surface area contributed by atoms with E-state index in [1.54, 1.807) is 19.1 Å². The predicted octanol–water partition coefficient (Wildman–Crippen LogP) is 4.84. The van der Waals surface area contributed by atoms with Crippen LogP contribution in [0.5, 0.6) is 11.6 Å². The van der Waals surface area contributed by atoms with Crippen molar-refractivity contribution in [3.05, 3.63) is 89.1 Å². The number of likely N-dealkylation sites (tertiary alicyclic amines) is 1. The molecule has 42 heavy (non-hydrogen) atoms. The molecule has 1 aromatic heterocycles. The Morgan fingerprint density at radius 2 is 1.79 bits per heavy atom. The van der Waals surface area contributed by atoms with Crippen LogP contribution in [0.4, 0.5) is 0 Å². The molecule has 0 amide bonds. The van der Waals surface area contributed by atoms with Crippen molar-refractivity contribution in [2.24, 2.45) is 4.99 Å². The molecule has 2 aliphatic rings. The summed E-state index contributed by atoms with van der Waals surface area (Å²) in [4.78, 5) is 36.9. The van der Waals surface area contributed by atoms with Gasteiger partial charge in [0.1, 0.15) is 18.9 Å². The van der Waals surface area contributed by atoms with E-state index in [0.29, 0.717) is 30.9 Å². The summed E-state index contributed by atoms with van der Waals surface area (Å²) in [6.45, 7) is 7.11. The number of pyridine rings is 1. The normalized spacial score (nSPS) is 18.6. The molecule has 0 aliphatic carbocycles. The molecule has 2 aliphatic heterocycles. The lowest BCUT2D eigenvalue weighted by molar-refractivity contribution is -0.141. The van der Waals surface area contributed by atoms with E-state index >= 15 is 0 Å². The molecule has 0 spiro atoms. The molecule has 1 N–H and O–H groups in total. The van der Waals surface area contributed by atoms with Crippen molar-refractivity contribution in [3.63, 3.8) is 0 Å². The van der Waals surface area contributed by atoms with E-state index in [1.165, 1.54) is 17.7 Å². The molecule has 0 unspecified atom stereocenters. The van der Waals surface area contributed by atoms with Crippen molar-refractivity contribution in [1.29, 1.82) is 0 Å². The van der Waals surface area contributed by atoms with Crippen LogP contribution in [-0.2, 0) is 20.8 Å². The number of nitrogens with zero attached hydrogens (tertiary/aromatic N) is 4. The standard InChI is InChI=1S/C32H36N4O6/c1-3-40-30(37)19-33-32-36(28(21-41-32)23-7-5-4-6-8-23)26-15-17-35(18-16-26)20-25-11-14-29(34-22(25)2)42-27-12-9-24(10-13-27)31(38)39/h4-14,26,28H,3,15-21H2,1-2H3,(H,38,39)/b33-32+/t28-/m0/s1. The van der Waals surface area contributed by atoms with Gasteiger partial charge in [0.05, 0.1) is 18.2 Å². The summed E-state index contributed by atoms with van der Waals surface area (Å²) < 4.78 is 16.9. The summed E-state index contributed by atoms with van der Waals surface area (Å²) in [7, 11) is 0. The van der Waals surface area contributed by atoms with Crippen LogP contribution in [-0.4, -0.2) is 76.7 Å². The van der Waals surface area contributed by atoms with Crippen LogP contribution in [0.3, 0.4) is 0 Å². The SMILES string of the molecule is CCOC(=O)C/N=C1/OC[C@@H](c2ccccc2)N1C1CCN(Cc2ccc(Oc3ccc(C(=O)O)cc3)nc2C)CC1. The molecule has 0 saturated carbocycles. The summed E-state index contributed by atoms with van der Waals surface area (Å²) in [5.41, 5.74) is 3.40. The number of aryl methyl sites for hydroxylation is 1. The minimum absolute atomic E-state index is 0.0445. The number of hydrogen-bond acceptors (Lipinski definition) is 8. The lowest BCUT2D eigenvalue weighted by Gasteiger charge is -2.39. The lowest BCUT2D eigenvalue weighted by atomic mass is 9.98. The van der Waals surface area contributed by atoms with Gasteiger partial charge in [-0.3, -0.25) is 9.69 Å². The fourth-order valence-corrected chi connectivity index (χ4v) is 5.42. The van der Waals surface area contributed by atoms with Crippen molar-refractivity contribution in [3.8, 4) is 11.6 Å². The molecule has 10 heteroatoms. The van der Waals surface area contributed by atoms with E-state index < -0.39 is 5.97 Å². The van der Waals surface area contributed by atoms with Crippen LogP contribution in [0.15, 0.2) is 71.7 Å². The number of aromatic nitrogens is 1. The molecule has 2 fully saturated rings. The second-order valence-corrected chi connectivity index (χ2v) is 10.4. The Morgan fingerprint density at radius 3 is 2.45 bits per heavy atom. The van der Waals surface area contributed by atoms with Crippen molar-refractivity contribution in [2.75, 3.05) is 32.8 Å². The Hall–Kier alpha value is -4.44. The summed E-state index contributed by atoms with van der Waals surface area (Å²) in [5.74, 6) is -0.334. The van der Waals surface area contributed by atoms with Crippen molar-refractivity contribution < 1.29 is 28.9 Å². The number of amidine groups is 1. The number of benzene rings is 2. The monoisotopic (exact) mass is 572 g/mol. The highest BCUT2D eigenvalue weighted by molar-refractivity contribution is 5.87. The number of aliphatic imine (C=N–C) groups is 1. The zero-order valence-corrected chi connectivity index (χ0v) is 23.9. The predicted molar refractivity (Wildman–Crippen MR) is 157 cm³/mol. The fraction of sp³-hybridized carbons (Fsp3) is 0.375. The Balaban J connectivity index is 1.21. The number of carboxylic acid groups (broad SMARTS) is 1. The topological polar surface area (TPSA) is 114 Å². The van der Waals surface area contributed by atoms with Crippen LogP contribution in [0.2, 0.25) is 0 Å². The van der Waals surface area contributed by atoms with Crippen molar-refractivity contribution >= 4 is 18.0 Å². The maximum atomic E-state index is 12.0. The van der Waals surface area contributed by atoms with Gasteiger partial charge in [-0.15, -0.1) is 0 Å². The first kappa shape index (κ1) is 29.1. The molecular formula is C32H36N4O6. The van der Waals surface area contributed by atoms with Gasteiger partial charge in [0.25, 0.3) is 6.02 Å². The second-order valence-electron chi connectivity index (χ2n) is 10.4. The van der Waals surface area contributed by atoms with E-state index in [2.05, 4.69) is 31.9 Å². The zero-order valence-electron chi connectivity index (χ0n) is 23.9. The number of rotatable bonds is 10. The van der Waals surface area contributed by atoms with Crippen molar-refractivity contribution in [2.45, 2.75) is 45.3 Å². The highest BCUT2D eigenvalue weighted by Gasteiger charge is 2.39. The van der Waals surface area contributed by atoms with Gasteiger partial charge < -0.3 is 24.2 Å². The first-order valence-corrected chi connectivity index (χ1v) is 14.3. The number of hydrogen-bond donors (Lipinski definition) is 1. The molecule has 1 atom stereocenters. The van der Waals surface area contributed by atoms with Crippen LogP contribution < -0.4 is 4.74 Å². The van der Waals surface area contributed by atoms with Gasteiger partial charge in [-0.05, 0) is 62.1 Å². The summed E-state index contributed by atoms with van der Waals surface area (Å²) in [6, 6.07) is 21.2. The Morgan fingerprint density at radius 1 is 1.05 bits per heavy atom. The van der Waals surface area contributed by atoms with E-state index in [0.717, 1.165) is 43.7 Å². The first-order valence-electron chi connectivity index (χ1n) is 14.3. The lowest BCUT2D eigenvalue weighted by Crippen LogP contribution is -2.46. The van der Waals surface area contributed by atoms with Gasteiger partial charge in [0.2, 0.25) is 5.88 Å². The minimum Gasteiger partial charge on any atom is -0.478 e. The number of carbonyl (C=O) groups excluding carboxylic acids is 1. The number of ether oxygens (including phenoxy) is 3. The number of carboxylic acids is 1. The van der Waals surface area contributed by atoms with Gasteiger partial charge in [0.15, 0.2) is 0 Å². The van der Waals surface area contributed by atoms with Gasteiger partial charge in [0, 0.05) is 37.4 Å². The number of piperidine rings is 1. The zero-order chi connectivity index (χ0) is 29.5. The van der Waals surface area contributed by atoms with Gasteiger partial charge in [-0.1, -0.05) is 36.4 Å². The smallest absolute Gasteiger partial charge is 0.335 e. The molecular weight excluding hydrogens is 536 g/mol. The summed E-state index contributed by atoms with van der Waals surface area (Å²) in [5, 5.41) is 9.08. The highest BCUT2D eigenvalue weighted by Crippen LogP contribution is 2.34. The van der Waals surface area contributed by atoms with Gasteiger partial charge in [-0.25, -0.2) is 14.8 Å². The third-order valence-electron chi connectivity index (χ3n) is 7.60. The molecule has 2 aromatic carbocycles. The maximum Gasteiger partial charge on any atom is 0.335 e. The number of carbonyl (C=O) groups is 2. The van der Waals surface area contributed by atoms with E-state index in [1.807, 2.05) is 37.3 Å². The Labute approximate surface area is 245 Å². The average Bonchev–Trinajstić information content (AvgIpc) is 3.43. The van der Waals surface area contributed by atoms with Crippen LogP contribution in [0.25, 0.3) is 0 Å². The third-order valence-corrected chi connectivity index (χ3v) is 7.60. The quantitative estimate of drug-likeness (QED) is 0.341. The largest absolute Gasteiger partial charge is 0.478 e. The molecule has 3 aromatic rings. The molecule has 0 radical (unpaired) electrons. The molecule has 0 bridgehead atoms. The van der Waals surface area contributed by atoms with E-state index in [4.69, 9.17) is 19.3 Å². The van der Waals surface area contributed by atoms with Crippen molar-refractivity contribution in [1.82, 2.24) is 14.8 Å². The van der Waals surface area contributed by atoms with Crippen LogP contribution >= 0.6 is 0 Å². The minimum atomic E-state index is -0.976. The van der Waals surface area contributed by atoms with Crippen LogP contribution in [0, 0.1) is 6.92 Å². The molecule has 3 heterocycles. The highest BCUT2D eigenvalue weighted by atomic mass is 16.5. The number of esters is 1. The third kappa shape index (κ3) is 7.06. The molecule has 220 valence electrons. The molecule has 10 nitrogen and oxygen atoms in total. The van der Waals surface area contributed by atoms with Gasteiger partial charge >= 0.3 is 11.9 Å². The van der Waals surface area contributed by atoms with E-state index in [-0.39, 0.29) is 30.2 Å². The molecule has 5 rings (SSSR count). The van der Waals surface area contributed by atoms with Crippen LogP contribution in [0.1, 0.15) is 53.0 Å². The fourth-order valence-electron chi connectivity index (χ4n) is 5.42. The maximum absolute atomic E-state index is 12.0. The average molecular weight is 573 g/mol. The number of aromatic carboxylic acids is 1. The Kier molecular flexibility index (Phi) is 9.33. The molecule has 2 saturated heterocycles. The second kappa shape index (κ2) is 13.5. The Bertz CT molecular complexity index is 1400. The summed E-state index contributed by atoms with van der Waals surface area (Å²) in [6.07, 6.45) is 1.87. The van der Waals surface area contributed by atoms with Gasteiger partial charge in [-0.2, -0.15) is 0 Å². The summed E-state index contributed by atoms with van der Waals surface area (Å²) >= 11 is 0. The van der Waals surface area contributed by atoms with E-state index in [9.17, 15) is 9.59 Å². The first-order chi connectivity index (χ1) is 20.4.